The number of aromatic nitrogens is 2. The molecule has 8 nitrogen and oxygen atoms in total. The summed E-state index contributed by atoms with van der Waals surface area (Å²) in [6, 6.07) is 0. The lowest BCUT2D eigenvalue weighted by Gasteiger charge is -2.35. The summed E-state index contributed by atoms with van der Waals surface area (Å²) in [4.78, 5) is 24.5. The van der Waals surface area contributed by atoms with Crippen LogP contribution in [-0.2, 0) is 17.8 Å². The van der Waals surface area contributed by atoms with E-state index in [-0.39, 0.29) is 30.1 Å². The molecular weight excluding hydrogens is 447 g/mol. The molecule has 1 aromatic rings. The van der Waals surface area contributed by atoms with Crippen LogP contribution in [0, 0.1) is 5.92 Å². The first-order valence-corrected chi connectivity index (χ1v) is 8.92. The molecule has 9 heteroatoms. The second kappa shape index (κ2) is 11.2. The summed E-state index contributed by atoms with van der Waals surface area (Å²) in [6.45, 7) is 11.0. The van der Waals surface area contributed by atoms with Crippen LogP contribution in [0.1, 0.15) is 26.6 Å². The van der Waals surface area contributed by atoms with Gasteiger partial charge >= 0.3 is 6.09 Å². The number of carbonyl (C=O) groups is 1. The molecule has 148 valence electrons. The summed E-state index contributed by atoms with van der Waals surface area (Å²) >= 11 is 0. The van der Waals surface area contributed by atoms with E-state index in [1.54, 1.807) is 11.9 Å². The Balaban J connectivity index is 0.00000338. The Labute approximate surface area is 173 Å². The Morgan fingerprint density at radius 3 is 2.54 bits per heavy atom. The van der Waals surface area contributed by atoms with E-state index in [2.05, 4.69) is 38.6 Å². The molecule has 1 aromatic heterocycles. The van der Waals surface area contributed by atoms with Gasteiger partial charge in [-0.15, -0.1) is 24.0 Å². The maximum atomic E-state index is 11.8. The van der Waals surface area contributed by atoms with Gasteiger partial charge in [-0.3, -0.25) is 4.99 Å². The molecule has 2 heterocycles. The fourth-order valence-electron chi connectivity index (χ4n) is 2.87. The maximum absolute atomic E-state index is 11.8. The summed E-state index contributed by atoms with van der Waals surface area (Å²) in [7, 11) is 1.78. The molecule has 2 rings (SSSR count). The van der Waals surface area contributed by atoms with Crippen LogP contribution >= 0.6 is 24.0 Å². The molecule has 0 aliphatic carbocycles. The average molecular weight is 478 g/mol. The molecule has 0 radical (unpaired) electrons. The fraction of sp³-hybridized carbons (Fsp3) is 0.706. The van der Waals surface area contributed by atoms with Gasteiger partial charge in [-0.1, -0.05) is 13.8 Å². The van der Waals surface area contributed by atoms with Crippen molar-refractivity contribution in [2.45, 2.75) is 33.9 Å². The van der Waals surface area contributed by atoms with Crippen LogP contribution in [0.5, 0.6) is 0 Å². The monoisotopic (exact) mass is 478 g/mol. The highest BCUT2D eigenvalue weighted by molar-refractivity contribution is 14.0. The Morgan fingerprint density at radius 2 is 1.96 bits per heavy atom. The van der Waals surface area contributed by atoms with Gasteiger partial charge < -0.3 is 24.4 Å². The molecule has 1 aliphatic heterocycles. The fourth-order valence-corrected chi connectivity index (χ4v) is 2.87. The summed E-state index contributed by atoms with van der Waals surface area (Å²) in [6.07, 6.45) is 3.61. The van der Waals surface area contributed by atoms with E-state index in [4.69, 9.17) is 4.74 Å². The minimum atomic E-state index is -0.235. The zero-order valence-corrected chi connectivity index (χ0v) is 18.5. The van der Waals surface area contributed by atoms with E-state index in [1.807, 2.05) is 19.3 Å². The van der Waals surface area contributed by atoms with Crippen LogP contribution in [0.4, 0.5) is 4.79 Å². The summed E-state index contributed by atoms with van der Waals surface area (Å²) in [5, 5.41) is 3.38. The number of guanidine groups is 1. The van der Waals surface area contributed by atoms with E-state index in [0.717, 1.165) is 31.4 Å². The maximum Gasteiger partial charge on any atom is 0.409 e. The first-order valence-electron chi connectivity index (χ1n) is 8.92. The van der Waals surface area contributed by atoms with Gasteiger partial charge in [-0.2, -0.15) is 0 Å². The third-order valence-electron chi connectivity index (χ3n) is 4.09. The minimum absolute atomic E-state index is 0. The van der Waals surface area contributed by atoms with Gasteiger partial charge in [0.15, 0.2) is 5.96 Å². The van der Waals surface area contributed by atoms with E-state index in [1.165, 1.54) is 0 Å². The third kappa shape index (κ3) is 6.33. The Morgan fingerprint density at radius 1 is 1.31 bits per heavy atom. The molecule has 0 spiro atoms. The van der Waals surface area contributed by atoms with Crippen molar-refractivity contribution in [1.29, 1.82) is 0 Å². The lowest BCUT2D eigenvalue weighted by Crippen LogP contribution is -2.53. The molecule has 0 bridgehead atoms. The Kier molecular flexibility index (Phi) is 9.74. The van der Waals surface area contributed by atoms with Gasteiger partial charge in [0, 0.05) is 52.2 Å². The number of nitrogens with one attached hydrogen (secondary N) is 1. The number of hydrogen-bond donors (Lipinski definition) is 1. The average Bonchev–Trinajstić information content (AvgIpc) is 3.02. The highest BCUT2D eigenvalue weighted by Gasteiger charge is 2.23. The van der Waals surface area contributed by atoms with Crippen LogP contribution < -0.4 is 5.32 Å². The zero-order valence-electron chi connectivity index (χ0n) is 16.1. The normalized spacial score (nSPS) is 15.0. The first kappa shape index (κ1) is 22.5. The van der Waals surface area contributed by atoms with Crippen molar-refractivity contribution in [3.8, 4) is 0 Å². The largest absolute Gasteiger partial charge is 0.450 e. The van der Waals surface area contributed by atoms with E-state index < -0.39 is 0 Å². The van der Waals surface area contributed by atoms with Gasteiger partial charge in [0.25, 0.3) is 0 Å². The van der Waals surface area contributed by atoms with Crippen LogP contribution in [0.25, 0.3) is 0 Å². The van der Waals surface area contributed by atoms with Crippen molar-refractivity contribution < 1.29 is 9.53 Å². The summed E-state index contributed by atoms with van der Waals surface area (Å²) < 4.78 is 7.23. The molecule has 0 atom stereocenters. The highest BCUT2D eigenvalue weighted by Crippen LogP contribution is 2.06. The van der Waals surface area contributed by atoms with Crippen molar-refractivity contribution in [2.24, 2.45) is 10.9 Å². The Hall–Kier alpha value is -1.52. The molecule has 0 saturated carbocycles. The number of rotatable bonds is 5. The molecular formula is C17H31IN6O2. The standard InChI is InChI=1S/C17H30N6O2.HI/c1-5-25-17(24)22-10-8-21(9-11-22)16(18-4)20-12-15-19-6-7-23(15)13-14(2)3;/h6-7,14H,5,8-13H2,1-4H3,(H,18,20);1H. The third-order valence-corrected chi connectivity index (χ3v) is 4.09. The molecule has 1 amide bonds. The molecule has 1 aliphatic rings. The molecule has 1 fully saturated rings. The van der Waals surface area contributed by atoms with Gasteiger partial charge in [0.1, 0.15) is 5.82 Å². The van der Waals surface area contributed by atoms with Crippen molar-refractivity contribution in [1.82, 2.24) is 24.7 Å². The number of carbonyl (C=O) groups excluding carboxylic acids is 1. The van der Waals surface area contributed by atoms with Crippen molar-refractivity contribution >= 4 is 36.0 Å². The Bertz CT molecular complexity index is 582. The second-order valence-electron chi connectivity index (χ2n) is 6.46. The van der Waals surface area contributed by atoms with Crippen LogP contribution in [0.3, 0.4) is 0 Å². The summed E-state index contributed by atoms with van der Waals surface area (Å²) in [5.74, 6) is 2.41. The lowest BCUT2D eigenvalue weighted by molar-refractivity contribution is 0.0914. The van der Waals surface area contributed by atoms with Gasteiger partial charge in [0.2, 0.25) is 0 Å². The molecule has 0 unspecified atom stereocenters. The van der Waals surface area contributed by atoms with Crippen LogP contribution in [0.15, 0.2) is 17.4 Å². The zero-order chi connectivity index (χ0) is 18.2. The van der Waals surface area contributed by atoms with Gasteiger partial charge in [0.05, 0.1) is 13.2 Å². The number of nitrogens with zero attached hydrogens (tertiary/aromatic N) is 5. The van der Waals surface area contributed by atoms with Crippen LogP contribution in [0.2, 0.25) is 0 Å². The number of aliphatic imine (C=N–C) groups is 1. The topological polar surface area (TPSA) is 75.0 Å². The van der Waals surface area contributed by atoms with E-state index in [0.29, 0.717) is 32.2 Å². The second-order valence-corrected chi connectivity index (χ2v) is 6.46. The van der Waals surface area contributed by atoms with Gasteiger partial charge in [-0.05, 0) is 12.8 Å². The first-order chi connectivity index (χ1) is 12.0. The number of imidazole rings is 1. The molecule has 1 saturated heterocycles. The van der Waals surface area contributed by atoms with Crippen molar-refractivity contribution in [3.05, 3.63) is 18.2 Å². The van der Waals surface area contributed by atoms with E-state index in [9.17, 15) is 4.79 Å². The van der Waals surface area contributed by atoms with Crippen molar-refractivity contribution in [2.75, 3.05) is 39.8 Å². The summed E-state index contributed by atoms with van der Waals surface area (Å²) in [5.41, 5.74) is 0. The number of piperazine rings is 1. The molecule has 1 N–H and O–H groups in total. The number of amides is 1. The van der Waals surface area contributed by atoms with E-state index >= 15 is 0 Å². The minimum Gasteiger partial charge on any atom is -0.450 e. The highest BCUT2D eigenvalue weighted by atomic mass is 127. The predicted octanol–water partition coefficient (Wildman–Crippen LogP) is 2.01. The van der Waals surface area contributed by atoms with Crippen LogP contribution in [-0.4, -0.2) is 71.2 Å². The number of halogens is 1. The number of ether oxygens (including phenoxy) is 1. The lowest BCUT2D eigenvalue weighted by atomic mass is 10.2. The smallest absolute Gasteiger partial charge is 0.409 e. The number of hydrogen-bond acceptors (Lipinski definition) is 4. The van der Waals surface area contributed by atoms with Gasteiger partial charge in [-0.25, -0.2) is 9.78 Å². The predicted molar refractivity (Wildman–Crippen MR) is 113 cm³/mol. The quantitative estimate of drug-likeness (QED) is 0.398. The SMILES string of the molecule is CCOC(=O)N1CCN(C(=NC)NCc2nccn2CC(C)C)CC1.I. The van der Waals surface area contributed by atoms with Crippen molar-refractivity contribution in [3.63, 3.8) is 0 Å². The molecule has 26 heavy (non-hydrogen) atoms. The molecule has 0 aromatic carbocycles.